The third-order valence-corrected chi connectivity index (χ3v) is 4.50. The van der Waals surface area contributed by atoms with E-state index in [4.69, 9.17) is 4.42 Å². The predicted octanol–water partition coefficient (Wildman–Crippen LogP) is 2.58. The van der Waals surface area contributed by atoms with Gasteiger partial charge in [0.2, 0.25) is 5.91 Å². The van der Waals surface area contributed by atoms with Crippen molar-refractivity contribution in [2.24, 2.45) is 0 Å². The highest BCUT2D eigenvalue weighted by atomic mass is 16.3. The molecule has 0 atom stereocenters. The van der Waals surface area contributed by atoms with Crippen LogP contribution in [0.2, 0.25) is 0 Å². The highest BCUT2D eigenvalue weighted by Crippen LogP contribution is 2.27. The largest absolute Gasteiger partial charge is 0.464 e. The van der Waals surface area contributed by atoms with Crippen molar-refractivity contribution < 1.29 is 14.3 Å². The number of hydrogen-bond acceptors (Lipinski definition) is 3. The second-order valence-electron chi connectivity index (χ2n) is 5.93. The number of carbonyl (C=O) groups is 1. The first-order valence-corrected chi connectivity index (χ1v) is 7.48. The number of carbonyl (C=O) groups excluding carboxylic acids is 1. The van der Waals surface area contributed by atoms with Crippen LogP contribution in [0.3, 0.4) is 0 Å². The summed E-state index contributed by atoms with van der Waals surface area (Å²) in [5.74, 6) is 0.114. The van der Waals surface area contributed by atoms with E-state index >= 15 is 0 Å². The first kappa shape index (κ1) is 14.1. The first-order valence-electron chi connectivity index (χ1n) is 7.48. The lowest BCUT2D eigenvalue weighted by molar-refractivity contribution is -0.132. The molecule has 1 amide bonds. The van der Waals surface area contributed by atoms with Gasteiger partial charge in [0.05, 0.1) is 18.8 Å². The summed E-state index contributed by atoms with van der Waals surface area (Å²) in [5, 5.41) is 10.5. The number of likely N-dealkylation sites (tertiary alicyclic amines) is 1. The number of hydrogen-bond donors (Lipinski definition) is 1. The van der Waals surface area contributed by atoms with Crippen molar-refractivity contribution in [3.63, 3.8) is 0 Å². The summed E-state index contributed by atoms with van der Waals surface area (Å²) in [5.41, 5.74) is 4.16. The van der Waals surface area contributed by atoms with Gasteiger partial charge in [-0.25, -0.2) is 0 Å². The molecule has 1 aliphatic heterocycles. The van der Waals surface area contributed by atoms with Crippen LogP contribution in [0.25, 0.3) is 11.0 Å². The van der Waals surface area contributed by atoms with Gasteiger partial charge in [-0.2, -0.15) is 0 Å². The Morgan fingerprint density at radius 2 is 2.05 bits per heavy atom. The maximum atomic E-state index is 12.4. The molecule has 4 nitrogen and oxygen atoms in total. The van der Waals surface area contributed by atoms with Gasteiger partial charge in [-0.15, -0.1) is 0 Å². The molecule has 1 aromatic carbocycles. The summed E-state index contributed by atoms with van der Waals surface area (Å²) in [6.45, 7) is 5.39. The van der Waals surface area contributed by atoms with Gasteiger partial charge < -0.3 is 14.4 Å². The molecule has 0 spiro atoms. The second-order valence-corrected chi connectivity index (χ2v) is 5.93. The molecule has 1 N–H and O–H groups in total. The van der Waals surface area contributed by atoms with Crippen LogP contribution in [-0.2, 0) is 11.2 Å². The fourth-order valence-corrected chi connectivity index (χ4v) is 2.92. The van der Waals surface area contributed by atoms with Crippen molar-refractivity contribution in [3.8, 4) is 0 Å². The molecule has 112 valence electrons. The summed E-state index contributed by atoms with van der Waals surface area (Å²) in [4.78, 5) is 14.2. The molecule has 1 aromatic heterocycles. The normalized spacial score (nSPS) is 16.6. The molecule has 21 heavy (non-hydrogen) atoms. The minimum absolute atomic E-state index is 0.114. The van der Waals surface area contributed by atoms with Crippen LogP contribution < -0.4 is 0 Å². The molecule has 2 aromatic rings. The van der Waals surface area contributed by atoms with Crippen LogP contribution in [-0.4, -0.2) is 35.1 Å². The van der Waals surface area contributed by atoms with Gasteiger partial charge in [0.25, 0.3) is 0 Å². The SMILES string of the molecule is Cc1ccc2c(CC(=O)N3CCC(O)CC3)coc2c1C. The lowest BCUT2D eigenvalue weighted by Gasteiger charge is -2.29. The minimum Gasteiger partial charge on any atom is -0.464 e. The van der Waals surface area contributed by atoms with Crippen molar-refractivity contribution in [1.82, 2.24) is 4.90 Å². The van der Waals surface area contributed by atoms with Crippen LogP contribution in [0.15, 0.2) is 22.8 Å². The van der Waals surface area contributed by atoms with Crippen LogP contribution >= 0.6 is 0 Å². The predicted molar refractivity (Wildman–Crippen MR) is 81.2 cm³/mol. The molecular formula is C17H21NO3. The summed E-state index contributed by atoms with van der Waals surface area (Å²) in [7, 11) is 0. The minimum atomic E-state index is -0.255. The maximum Gasteiger partial charge on any atom is 0.227 e. The number of nitrogens with zero attached hydrogens (tertiary/aromatic N) is 1. The summed E-state index contributed by atoms with van der Waals surface area (Å²) >= 11 is 0. The Labute approximate surface area is 124 Å². The Kier molecular flexibility index (Phi) is 3.72. The third kappa shape index (κ3) is 2.68. The number of benzene rings is 1. The van der Waals surface area contributed by atoms with Crippen molar-refractivity contribution in [2.45, 2.75) is 39.2 Å². The van der Waals surface area contributed by atoms with E-state index in [1.165, 1.54) is 5.56 Å². The van der Waals surface area contributed by atoms with Crippen LogP contribution in [0.1, 0.15) is 29.5 Å². The zero-order valence-corrected chi connectivity index (χ0v) is 12.6. The number of aryl methyl sites for hydroxylation is 2. The van der Waals surface area contributed by atoms with E-state index in [9.17, 15) is 9.90 Å². The maximum absolute atomic E-state index is 12.4. The molecule has 0 bridgehead atoms. The molecule has 0 aliphatic carbocycles. The van der Waals surface area contributed by atoms with Gasteiger partial charge in [0, 0.05) is 24.0 Å². The first-order chi connectivity index (χ1) is 10.1. The van der Waals surface area contributed by atoms with Crippen molar-refractivity contribution >= 4 is 16.9 Å². The topological polar surface area (TPSA) is 53.7 Å². The summed E-state index contributed by atoms with van der Waals surface area (Å²) in [6.07, 6.45) is 3.17. The fraction of sp³-hybridized carbons (Fsp3) is 0.471. The van der Waals surface area contributed by atoms with E-state index in [2.05, 4.69) is 13.0 Å². The molecule has 3 rings (SSSR count). The van der Waals surface area contributed by atoms with E-state index in [-0.39, 0.29) is 12.0 Å². The van der Waals surface area contributed by atoms with E-state index in [0.717, 1.165) is 22.1 Å². The zero-order valence-electron chi connectivity index (χ0n) is 12.6. The van der Waals surface area contributed by atoms with Crippen LogP contribution in [0.5, 0.6) is 0 Å². The van der Waals surface area contributed by atoms with Crippen molar-refractivity contribution in [2.75, 3.05) is 13.1 Å². The number of rotatable bonds is 2. The Morgan fingerprint density at radius 3 is 2.76 bits per heavy atom. The van der Waals surface area contributed by atoms with E-state index in [1.807, 2.05) is 17.9 Å². The van der Waals surface area contributed by atoms with Crippen LogP contribution in [0, 0.1) is 13.8 Å². The Morgan fingerprint density at radius 1 is 1.33 bits per heavy atom. The summed E-state index contributed by atoms with van der Waals surface area (Å²) in [6, 6.07) is 4.10. The lowest BCUT2D eigenvalue weighted by atomic mass is 10.0. The van der Waals surface area contributed by atoms with Gasteiger partial charge in [0.1, 0.15) is 5.58 Å². The van der Waals surface area contributed by atoms with Gasteiger partial charge in [0.15, 0.2) is 0 Å². The molecule has 0 unspecified atom stereocenters. The number of furan rings is 1. The molecule has 0 radical (unpaired) electrons. The average molecular weight is 287 g/mol. The number of piperidine rings is 1. The van der Waals surface area contributed by atoms with Gasteiger partial charge in [-0.3, -0.25) is 4.79 Å². The molecular weight excluding hydrogens is 266 g/mol. The monoisotopic (exact) mass is 287 g/mol. The Hall–Kier alpha value is -1.81. The summed E-state index contributed by atoms with van der Waals surface area (Å²) < 4.78 is 5.66. The van der Waals surface area contributed by atoms with Crippen molar-refractivity contribution in [1.29, 1.82) is 0 Å². The molecule has 1 fully saturated rings. The standard InChI is InChI=1S/C17H21NO3/c1-11-3-4-15-13(10-21-17(15)12(11)2)9-16(20)18-7-5-14(19)6-8-18/h3-4,10,14,19H,5-9H2,1-2H3. The average Bonchev–Trinajstić information content (AvgIpc) is 2.87. The number of aliphatic hydroxyl groups is 1. The lowest BCUT2D eigenvalue weighted by Crippen LogP contribution is -2.40. The van der Waals surface area contributed by atoms with E-state index < -0.39 is 0 Å². The molecule has 1 saturated heterocycles. The smallest absolute Gasteiger partial charge is 0.227 e. The Bertz CT molecular complexity index is 666. The molecule has 2 heterocycles. The van der Waals surface area contributed by atoms with Crippen LogP contribution in [0.4, 0.5) is 0 Å². The van der Waals surface area contributed by atoms with Gasteiger partial charge in [-0.1, -0.05) is 12.1 Å². The number of fused-ring (bicyclic) bond motifs is 1. The third-order valence-electron chi connectivity index (χ3n) is 4.50. The Balaban J connectivity index is 1.79. The molecule has 0 saturated carbocycles. The van der Waals surface area contributed by atoms with Crippen molar-refractivity contribution in [3.05, 3.63) is 35.1 Å². The highest BCUT2D eigenvalue weighted by Gasteiger charge is 2.22. The highest BCUT2D eigenvalue weighted by molar-refractivity contribution is 5.89. The second kappa shape index (κ2) is 5.53. The number of amides is 1. The van der Waals surface area contributed by atoms with Gasteiger partial charge in [-0.05, 0) is 37.8 Å². The molecule has 4 heteroatoms. The fourth-order valence-electron chi connectivity index (χ4n) is 2.92. The van der Waals surface area contributed by atoms with E-state index in [0.29, 0.717) is 32.4 Å². The van der Waals surface area contributed by atoms with Gasteiger partial charge >= 0.3 is 0 Å². The quantitative estimate of drug-likeness (QED) is 0.923. The number of aliphatic hydroxyl groups excluding tert-OH is 1. The molecule has 1 aliphatic rings. The zero-order chi connectivity index (χ0) is 15.0. The van der Waals surface area contributed by atoms with E-state index in [1.54, 1.807) is 6.26 Å².